The van der Waals surface area contributed by atoms with Gasteiger partial charge in [-0.2, -0.15) is 0 Å². The first-order chi connectivity index (χ1) is 6.52. The van der Waals surface area contributed by atoms with Gasteiger partial charge in [0.1, 0.15) is 0 Å². The molecular weight excluding hydrogens is 176 g/mol. The Morgan fingerprint density at radius 3 is 2.00 bits per heavy atom. The van der Waals surface area contributed by atoms with Gasteiger partial charge in [0.25, 0.3) is 0 Å². The lowest BCUT2D eigenvalue weighted by atomic mass is 9.96. The van der Waals surface area contributed by atoms with Gasteiger partial charge in [0.15, 0.2) is 0 Å². The molecule has 1 amide bonds. The topological polar surface area (TPSA) is 23.6 Å². The zero-order valence-corrected chi connectivity index (χ0v) is 9.79. The molecule has 14 heavy (non-hydrogen) atoms. The first kappa shape index (κ1) is 11.5. The zero-order chi connectivity index (χ0) is 10.7. The molecule has 1 heterocycles. The fourth-order valence-electron chi connectivity index (χ4n) is 1.60. The lowest BCUT2D eigenvalue weighted by Crippen LogP contribution is -2.49. The maximum absolute atomic E-state index is 12.0. The lowest BCUT2D eigenvalue weighted by molar-refractivity contribution is -0.137. The third kappa shape index (κ3) is 2.71. The van der Waals surface area contributed by atoms with E-state index in [2.05, 4.69) is 25.8 Å². The SMILES string of the molecule is CC(C)[C@@H](C)C(=O)N1CCN(C)CC1. The van der Waals surface area contributed by atoms with Crippen molar-refractivity contribution < 1.29 is 4.79 Å². The Balaban J connectivity index is 2.45. The van der Waals surface area contributed by atoms with Crippen LogP contribution in [0.3, 0.4) is 0 Å². The summed E-state index contributed by atoms with van der Waals surface area (Å²) >= 11 is 0. The summed E-state index contributed by atoms with van der Waals surface area (Å²) in [5.74, 6) is 0.939. The molecule has 0 aromatic heterocycles. The van der Waals surface area contributed by atoms with E-state index in [9.17, 15) is 4.79 Å². The second kappa shape index (κ2) is 4.78. The molecule has 3 nitrogen and oxygen atoms in total. The van der Waals surface area contributed by atoms with Gasteiger partial charge in [0, 0.05) is 32.1 Å². The van der Waals surface area contributed by atoms with Crippen LogP contribution in [0.1, 0.15) is 20.8 Å². The minimum atomic E-state index is 0.165. The number of likely N-dealkylation sites (N-methyl/N-ethyl adjacent to an activating group) is 1. The molecule has 0 aliphatic carbocycles. The molecule has 0 aromatic rings. The number of amides is 1. The Morgan fingerprint density at radius 2 is 1.57 bits per heavy atom. The third-order valence-electron chi connectivity index (χ3n) is 3.20. The van der Waals surface area contributed by atoms with Crippen LogP contribution in [-0.2, 0) is 4.79 Å². The molecule has 0 N–H and O–H groups in total. The number of carbonyl (C=O) groups is 1. The van der Waals surface area contributed by atoms with Crippen molar-refractivity contribution in [2.45, 2.75) is 20.8 Å². The van der Waals surface area contributed by atoms with Crippen LogP contribution < -0.4 is 0 Å². The maximum atomic E-state index is 12.0. The first-order valence-corrected chi connectivity index (χ1v) is 5.49. The monoisotopic (exact) mass is 198 g/mol. The number of hydrogen-bond donors (Lipinski definition) is 0. The van der Waals surface area contributed by atoms with E-state index in [1.807, 2.05) is 11.8 Å². The molecule has 3 heteroatoms. The molecule has 1 atom stereocenters. The number of piperazine rings is 1. The predicted molar refractivity (Wildman–Crippen MR) is 58.1 cm³/mol. The van der Waals surface area contributed by atoms with Gasteiger partial charge in [-0.25, -0.2) is 0 Å². The van der Waals surface area contributed by atoms with Gasteiger partial charge < -0.3 is 9.80 Å². The Kier molecular flexibility index (Phi) is 3.93. The van der Waals surface area contributed by atoms with Gasteiger partial charge >= 0.3 is 0 Å². The molecule has 1 aliphatic rings. The molecule has 0 saturated carbocycles. The van der Waals surface area contributed by atoms with Gasteiger partial charge in [-0.15, -0.1) is 0 Å². The summed E-state index contributed by atoms with van der Waals surface area (Å²) in [6.07, 6.45) is 0. The van der Waals surface area contributed by atoms with Crippen LogP contribution in [0.25, 0.3) is 0 Å². The summed E-state index contributed by atoms with van der Waals surface area (Å²) in [6.45, 7) is 10.1. The van der Waals surface area contributed by atoms with Gasteiger partial charge in [0.05, 0.1) is 0 Å². The Labute approximate surface area is 87.1 Å². The van der Waals surface area contributed by atoms with Crippen LogP contribution in [0.4, 0.5) is 0 Å². The van der Waals surface area contributed by atoms with Gasteiger partial charge in [0.2, 0.25) is 5.91 Å². The van der Waals surface area contributed by atoms with Crippen LogP contribution in [0.15, 0.2) is 0 Å². The van der Waals surface area contributed by atoms with Crippen LogP contribution >= 0.6 is 0 Å². The highest BCUT2D eigenvalue weighted by Crippen LogP contribution is 2.14. The minimum Gasteiger partial charge on any atom is -0.340 e. The van der Waals surface area contributed by atoms with E-state index < -0.39 is 0 Å². The molecule has 1 rings (SSSR count). The highest BCUT2D eigenvalue weighted by atomic mass is 16.2. The average Bonchev–Trinajstić information content (AvgIpc) is 2.16. The highest BCUT2D eigenvalue weighted by molar-refractivity contribution is 5.78. The predicted octanol–water partition coefficient (Wildman–Crippen LogP) is 1.05. The van der Waals surface area contributed by atoms with E-state index in [1.165, 1.54) is 0 Å². The molecule has 82 valence electrons. The quantitative estimate of drug-likeness (QED) is 0.662. The number of rotatable bonds is 2. The van der Waals surface area contributed by atoms with E-state index in [1.54, 1.807) is 0 Å². The van der Waals surface area contributed by atoms with Gasteiger partial charge in [-0.05, 0) is 13.0 Å². The van der Waals surface area contributed by atoms with Crippen molar-refractivity contribution >= 4 is 5.91 Å². The van der Waals surface area contributed by atoms with E-state index in [0.717, 1.165) is 26.2 Å². The van der Waals surface area contributed by atoms with Crippen LogP contribution in [0.5, 0.6) is 0 Å². The van der Waals surface area contributed by atoms with Crippen molar-refractivity contribution in [3.05, 3.63) is 0 Å². The van der Waals surface area contributed by atoms with Crippen molar-refractivity contribution in [2.75, 3.05) is 33.2 Å². The molecule has 0 aromatic carbocycles. The van der Waals surface area contributed by atoms with Gasteiger partial charge in [-0.3, -0.25) is 4.79 Å². The second-order valence-corrected chi connectivity index (χ2v) is 4.66. The summed E-state index contributed by atoms with van der Waals surface area (Å²) < 4.78 is 0. The molecule has 0 unspecified atom stereocenters. The highest BCUT2D eigenvalue weighted by Gasteiger charge is 2.25. The first-order valence-electron chi connectivity index (χ1n) is 5.49. The number of nitrogens with zero attached hydrogens (tertiary/aromatic N) is 2. The maximum Gasteiger partial charge on any atom is 0.225 e. The summed E-state index contributed by atoms with van der Waals surface area (Å²) in [4.78, 5) is 16.2. The van der Waals surface area contributed by atoms with Crippen molar-refractivity contribution in [3.63, 3.8) is 0 Å². The molecular formula is C11H22N2O. The standard InChI is InChI=1S/C11H22N2O/c1-9(2)10(3)11(14)13-7-5-12(4)6-8-13/h9-10H,5-8H2,1-4H3/t10-/m1/s1. The average molecular weight is 198 g/mol. The van der Waals surface area contributed by atoms with Gasteiger partial charge in [-0.1, -0.05) is 20.8 Å². The summed E-state index contributed by atoms with van der Waals surface area (Å²) in [6, 6.07) is 0. The zero-order valence-electron chi connectivity index (χ0n) is 9.79. The lowest BCUT2D eigenvalue weighted by Gasteiger charge is -2.34. The van der Waals surface area contributed by atoms with Crippen molar-refractivity contribution in [1.29, 1.82) is 0 Å². The van der Waals surface area contributed by atoms with E-state index >= 15 is 0 Å². The molecule has 1 aliphatic heterocycles. The number of carbonyl (C=O) groups excluding carboxylic acids is 1. The summed E-state index contributed by atoms with van der Waals surface area (Å²) in [5.41, 5.74) is 0. The van der Waals surface area contributed by atoms with Crippen LogP contribution in [0.2, 0.25) is 0 Å². The minimum absolute atomic E-state index is 0.165. The second-order valence-electron chi connectivity index (χ2n) is 4.66. The van der Waals surface area contributed by atoms with E-state index in [-0.39, 0.29) is 5.92 Å². The van der Waals surface area contributed by atoms with Crippen molar-refractivity contribution in [2.24, 2.45) is 11.8 Å². The normalized spacial score (nSPS) is 21.4. The van der Waals surface area contributed by atoms with Crippen LogP contribution in [0, 0.1) is 11.8 Å². The third-order valence-corrected chi connectivity index (χ3v) is 3.20. The Hall–Kier alpha value is -0.570. The molecule has 0 spiro atoms. The van der Waals surface area contributed by atoms with E-state index in [0.29, 0.717) is 11.8 Å². The molecule has 0 radical (unpaired) electrons. The molecule has 1 fully saturated rings. The summed E-state index contributed by atoms with van der Waals surface area (Å²) in [7, 11) is 2.10. The fraction of sp³-hybridized carbons (Fsp3) is 0.909. The van der Waals surface area contributed by atoms with Crippen LogP contribution in [-0.4, -0.2) is 48.9 Å². The molecule has 0 bridgehead atoms. The Bertz CT molecular complexity index is 195. The molecule has 1 saturated heterocycles. The van der Waals surface area contributed by atoms with Crippen molar-refractivity contribution in [1.82, 2.24) is 9.80 Å². The Morgan fingerprint density at radius 1 is 1.07 bits per heavy atom. The van der Waals surface area contributed by atoms with E-state index in [4.69, 9.17) is 0 Å². The van der Waals surface area contributed by atoms with Crippen molar-refractivity contribution in [3.8, 4) is 0 Å². The largest absolute Gasteiger partial charge is 0.340 e. The number of hydrogen-bond acceptors (Lipinski definition) is 2. The summed E-state index contributed by atoms with van der Waals surface area (Å²) in [5, 5.41) is 0. The smallest absolute Gasteiger partial charge is 0.225 e. The fourth-order valence-corrected chi connectivity index (χ4v) is 1.60.